The Labute approximate surface area is 158 Å². The Kier molecular flexibility index (Phi) is 9.35. The second kappa shape index (κ2) is 9.59. The van der Waals surface area contributed by atoms with Gasteiger partial charge >= 0.3 is 32.5 Å². The average Bonchev–Trinajstić information content (AvgIpc) is 2.60. The van der Waals surface area contributed by atoms with Crippen LogP contribution in [0.5, 0.6) is 0 Å². The summed E-state index contributed by atoms with van der Waals surface area (Å²) in [4.78, 5) is 0. The highest BCUT2D eigenvalue weighted by molar-refractivity contribution is 6.62. The van der Waals surface area contributed by atoms with E-state index >= 15 is 0 Å². The highest BCUT2D eigenvalue weighted by atomic mass is 28.4. The van der Waals surface area contributed by atoms with Crippen molar-refractivity contribution in [2.75, 3.05) is 19.8 Å². The second-order valence-electron chi connectivity index (χ2n) is 5.40. The molecule has 0 N–H and O–H groups in total. The number of hydrogen-bond donors (Lipinski definition) is 0. The molecule has 0 fully saturated rings. The minimum atomic E-state index is -7.44. The predicted octanol–water partition coefficient (Wildman–Crippen LogP) is 5.06. The van der Waals surface area contributed by atoms with Gasteiger partial charge in [0.1, 0.15) is 0 Å². The molecule has 0 rings (SSSR count). The van der Waals surface area contributed by atoms with Crippen LogP contribution in [0.1, 0.15) is 20.8 Å². The second-order valence-corrected chi connectivity index (χ2v) is 7.98. The van der Waals surface area contributed by atoms with Crippen molar-refractivity contribution in [1.29, 1.82) is 0 Å². The van der Waals surface area contributed by atoms with Gasteiger partial charge in [-0.3, -0.25) is 0 Å². The lowest BCUT2D eigenvalue weighted by Gasteiger charge is -2.41. The van der Waals surface area contributed by atoms with Crippen molar-refractivity contribution in [3.8, 4) is 0 Å². The fourth-order valence-electron chi connectivity index (χ4n) is 2.08. The molecule has 29 heavy (non-hydrogen) atoms. The zero-order valence-electron chi connectivity index (χ0n) is 15.1. The Bertz CT molecular complexity index is 502. The van der Waals surface area contributed by atoms with E-state index in [4.69, 9.17) is 0 Å². The molecule has 2 unspecified atom stereocenters. The van der Waals surface area contributed by atoms with Crippen LogP contribution in [0, 0.1) is 0 Å². The fourth-order valence-corrected chi connectivity index (χ4v) is 4.60. The molecule has 0 aromatic heterocycles. The van der Waals surface area contributed by atoms with Crippen molar-refractivity contribution in [3.05, 3.63) is 0 Å². The molecule has 0 aliphatic carbocycles. The van der Waals surface area contributed by atoms with Crippen molar-refractivity contribution in [1.82, 2.24) is 0 Å². The van der Waals surface area contributed by atoms with E-state index in [9.17, 15) is 52.7 Å². The molecule has 0 aromatic rings. The summed E-state index contributed by atoms with van der Waals surface area (Å²) < 4.78 is 174. The standard InChI is InChI=1S/C13H18F12O3Si/c1-4-26-29(27-5-2,28-6-3)9(17)11(20,21)13(24,25)12(22,23)10(18,19)7(14)8(15)16/h7-9H,4-6H2,1-3H3. The summed E-state index contributed by atoms with van der Waals surface area (Å²) in [6.45, 7) is 1.04. The first-order valence-electron chi connectivity index (χ1n) is 7.93. The van der Waals surface area contributed by atoms with Crippen LogP contribution in [0.25, 0.3) is 0 Å². The van der Waals surface area contributed by atoms with Crippen molar-refractivity contribution >= 4 is 8.80 Å². The highest BCUT2D eigenvalue weighted by Gasteiger charge is 2.87. The third-order valence-corrected chi connectivity index (χ3v) is 6.52. The molecule has 0 saturated carbocycles. The fraction of sp³-hybridized carbons (Fsp3) is 1.00. The number of halogens is 12. The Morgan fingerprint density at radius 3 is 1.21 bits per heavy atom. The van der Waals surface area contributed by atoms with Gasteiger partial charge in [-0.15, -0.1) is 0 Å². The molecule has 2 atom stereocenters. The summed E-state index contributed by atoms with van der Waals surface area (Å²) in [5.74, 6) is -33.0. The Morgan fingerprint density at radius 1 is 0.621 bits per heavy atom. The molecule has 0 saturated heterocycles. The quantitative estimate of drug-likeness (QED) is 0.274. The molecule has 3 nitrogen and oxygen atoms in total. The normalized spacial score (nSPS) is 17.0. The van der Waals surface area contributed by atoms with Crippen molar-refractivity contribution in [2.45, 2.75) is 62.9 Å². The summed E-state index contributed by atoms with van der Waals surface area (Å²) in [5.41, 5.74) is 0. The SMILES string of the molecule is CCO[Si](OCC)(OCC)C(F)C(F)(F)C(F)(F)C(F)(F)C(F)(F)C(F)C(F)F. The molecule has 0 aliphatic heterocycles. The van der Waals surface area contributed by atoms with Crippen molar-refractivity contribution in [2.24, 2.45) is 0 Å². The van der Waals surface area contributed by atoms with Crippen LogP contribution in [-0.4, -0.2) is 70.7 Å². The molecule has 0 aromatic carbocycles. The number of hydrogen-bond acceptors (Lipinski definition) is 3. The zero-order chi connectivity index (χ0) is 23.5. The minimum Gasteiger partial charge on any atom is -0.372 e. The van der Waals surface area contributed by atoms with Gasteiger partial charge in [-0.1, -0.05) is 0 Å². The van der Waals surface area contributed by atoms with Crippen LogP contribution in [-0.2, 0) is 13.3 Å². The Morgan fingerprint density at radius 2 is 0.931 bits per heavy atom. The minimum absolute atomic E-state index is 0.696. The van der Waals surface area contributed by atoms with Gasteiger partial charge in [0.15, 0.2) is 0 Å². The molecule has 0 heterocycles. The van der Waals surface area contributed by atoms with Gasteiger partial charge in [0, 0.05) is 19.8 Å². The van der Waals surface area contributed by atoms with E-state index in [-0.39, 0.29) is 0 Å². The molecule has 0 amide bonds. The first-order chi connectivity index (χ1) is 12.9. The molecule has 16 heteroatoms. The maximum absolute atomic E-state index is 14.5. The highest BCUT2D eigenvalue weighted by Crippen LogP contribution is 2.56. The summed E-state index contributed by atoms with van der Waals surface area (Å²) >= 11 is 0. The van der Waals surface area contributed by atoms with E-state index < -0.39 is 70.7 Å². The third-order valence-electron chi connectivity index (χ3n) is 3.46. The van der Waals surface area contributed by atoms with E-state index in [1.165, 1.54) is 0 Å². The molecular formula is C13H18F12O3Si. The maximum Gasteiger partial charge on any atom is 0.543 e. The summed E-state index contributed by atoms with van der Waals surface area (Å²) in [6.07, 6.45) is -10.2. The Balaban J connectivity index is 6.41. The van der Waals surface area contributed by atoms with E-state index in [1.54, 1.807) is 0 Å². The third kappa shape index (κ3) is 4.79. The van der Waals surface area contributed by atoms with E-state index in [2.05, 4.69) is 13.3 Å². The number of alkyl halides is 12. The van der Waals surface area contributed by atoms with Crippen LogP contribution in [0.3, 0.4) is 0 Å². The van der Waals surface area contributed by atoms with Crippen molar-refractivity contribution in [3.63, 3.8) is 0 Å². The molecule has 0 aliphatic rings. The zero-order valence-corrected chi connectivity index (χ0v) is 16.1. The van der Waals surface area contributed by atoms with Crippen LogP contribution in [0.15, 0.2) is 0 Å². The van der Waals surface area contributed by atoms with Gasteiger partial charge < -0.3 is 13.3 Å². The summed E-state index contributed by atoms with van der Waals surface area (Å²) in [6, 6.07) is 0. The molecule has 0 bridgehead atoms. The monoisotopic (exact) mass is 478 g/mol. The largest absolute Gasteiger partial charge is 0.543 e. The van der Waals surface area contributed by atoms with Gasteiger partial charge in [0.25, 0.3) is 6.43 Å². The lowest BCUT2D eigenvalue weighted by molar-refractivity contribution is -0.385. The lowest BCUT2D eigenvalue weighted by atomic mass is 9.96. The van der Waals surface area contributed by atoms with Gasteiger partial charge in [-0.2, -0.15) is 35.1 Å². The van der Waals surface area contributed by atoms with Gasteiger partial charge in [-0.05, 0) is 20.8 Å². The number of rotatable bonds is 13. The van der Waals surface area contributed by atoms with E-state index in [0.29, 0.717) is 0 Å². The summed E-state index contributed by atoms with van der Waals surface area (Å²) in [7, 11) is -5.55. The smallest absolute Gasteiger partial charge is 0.372 e. The molecular weight excluding hydrogens is 460 g/mol. The van der Waals surface area contributed by atoms with E-state index in [0.717, 1.165) is 20.8 Å². The van der Waals surface area contributed by atoms with Crippen LogP contribution < -0.4 is 0 Å². The van der Waals surface area contributed by atoms with Gasteiger partial charge in [0.05, 0.1) is 0 Å². The first kappa shape index (κ1) is 28.3. The Hall–Kier alpha value is -0.743. The molecule has 0 spiro atoms. The van der Waals surface area contributed by atoms with E-state index in [1.807, 2.05) is 0 Å². The molecule has 176 valence electrons. The first-order valence-corrected chi connectivity index (χ1v) is 9.74. The average molecular weight is 478 g/mol. The predicted molar refractivity (Wildman–Crippen MR) is 76.2 cm³/mol. The van der Waals surface area contributed by atoms with Gasteiger partial charge in [-0.25, -0.2) is 17.6 Å². The lowest BCUT2D eigenvalue weighted by Crippen LogP contribution is -2.72. The van der Waals surface area contributed by atoms with Crippen molar-refractivity contribution < 1.29 is 66.0 Å². The van der Waals surface area contributed by atoms with Crippen LogP contribution in [0.4, 0.5) is 52.7 Å². The maximum atomic E-state index is 14.5. The molecule has 0 radical (unpaired) electrons. The topological polar surface area (TPSA) is 27.7 Å². The van der Waals surface area contributed by atoms with Gasteiger partial charge in [0.2, 0.25) is 12.0 Å². The summed E-state index contributed by atoms with van der Waals surface area (Å²) in [5, 5.41) is 0. The van der Waals surface area contributed by atoms with Crippen LogP contribution in [0.2, 0.25) is 0 Å². The van der Waals surface area contributed by atoms with Crippen LogP contribution >= 0.6 is 0 Å².